The molecule has 0 unspecified atom stereocenters. The Morgan fingerprint density at radius 1 is 1.50 bits per heavy atom. The van der Waals surface area contributed by atoms with Gasteiger partial charge in [0.25, 0.3) is 0 Å². The van der Waals surface area contributed by atoms with Crippen LogP contribution in [-0.2, 0) is 0 Å². The van der Waals surface area contributed by atoms with E-state index in [0.29, 0.717) is 0 Å². The predicted molar refractivity (Wildman–Crippen MR) is 41.4 cm³/mol. The molecule has 0 aromatic carbocycles. The highest BCUT2D eigenvalue weighted by Gasteiger charge is 2.08. The van der Waals surface area contributed by atoms with Crippen molar-refractivity contribution in [3.8, 4) is 0 Å². The molecule has 0 radical (unpaired) electrons. The maximum atomic E-state index is 3.71. The van der Waals surface area contributed by atoms with E-state index in [1.54, 1.807) is 0 Å². The fraction of sp³-hybridized carbons (Fsp3) is 0.286. The van der Waals surface area contributed by atoms with Gasteiger partial charge in [-0.3, -0.25) is 0 Å². The third kappa shape index (κ3) is 2.62. The van der Waals surface area contributed by atoms with Crippen molar-refractivity contribution in [3.63, 3.8) is 0 Å². The highest BCUT2D eigenvalue weighted by molar-refractivity contribution is 6.86. The van der Waals surface area contributed by atoms with Crippen molar-refractivity contribution in [1.29, 1.82) is 0 Å². The van der Waals surface area contributed by atoms with Crippen molar-refractivity contribution in [2.24, 2.45) is 0 Å². The first-order chi connectivity index (χ1) is 3.62. The molecule has 8 heavy (non-hydrogen) atoms. The molecule has 0 bridgehead atoms. The van der Waals surface area contributed by atoms with Crippen LogP contribution in [0, 0.1) is 0 Å². The normalized spacial score (nSPS) is 9.75. The van der Waals surface area contributed by atoms with E-state index in [1.807, 2.05) is 11.4 Å². The second-order valence-electron chi connectivity index (χ2n) is 2.37. The summed E-state index contributed by atoms with van der Waals surface area (Å²) in [4.78, 5) is 0. The van der Waals surface area contributed by atoms with E-state index in [1.165, 1.54) is 0 Å². The molecule has 0 saturated heterocycles. The fourth-order valence-electron chi connectivity index (χ4n) is 0.322. The van der Waals surface area contributed by atoms with Gasteiger partial charge < -0.3 is 0 Å². The molecule has 0 aliphatic heterocycles. The number of hydrogen-bond donors (Lipinski definition) is 0. The monoisotopic (exact) mass is 124 g/mol. The SMILES string of the molecule is C=C=C[Si](C)(C)C=C. The molecule has 0 atom stereocenters. The lowest BCUT2D eigenvalue weighted by molar-refractivity contribution is 1.86. The van der Waals surface area contributed by atoms with Gasteiger partial charge in [0, 0.05) is 0 Å². The van der Waals surface area contributed by atoms with Crippen molar-refractivity contribution in [1.82, 2.24) is 0 Å². The maximum absolute atomic E-state index is 3.71. The second kappa shape index (κ2) is 2.70. The Balaban J connectivity index is 4.11. The zero-order valence-corrected chi connectivity index (χ0v) is 6.57. The predicted octanol–water partition coefficient (Wildman–Crippen LogP) is 2.30. The molecule has 0 aromatic rings. The van der Waals surface area contributed by atoms with E-state index in [9.17, 15) is 0 Å². The van der Waals surface area contributed by atoms with Gasteiger partial charge in [0.15, 0.2) is 0 Å². The number of hydrogen-bond acceptors (Lipinski definition) is 0. The van der Waals surface area contributed by atoms with Crippen LogP contribution in [0.3, 0.4) is 0 Å². The number of rotatable bonds is 2. The summed E-state index contributed by atoms with van der Waals surface area (Å²) in [6.07, 6.45) is 0. The summed E-state index contributed by atoms with van der Waals surface area (Å²) in [5, 5.41) is 0. The lowest BCUT2D eigenvalue weighted by atomic mass is 11.0. The van der Waals surface area contributed by atoms with Crippen LogP contribution in [0.2, 0.25) is 13.1 Å². The van der Waals surface area contributed by atoms with E-state index in [4.69, 9.17) is 0 Å². The van der Waals surface area contributed by atoms with Crippen molar-refractivity contribution in [3.05, 3.63) is 30.3 Å². The molecular formula is C7H12Si. The largest absolute Gasteiger partial charge is 0.137 e. The molecule has 0 nitrogen and oxygen atoms in total. The van der Waals surface area contributed by atoms with Crippen LogP contribution in [0.25, 0.3) is 0 Å². The van der Waals surface area contributed by atoms with Crippen LogP contribution < -0.4 is 0 Å². The Bertz CT molecular complexity index is 127. The molecule has 0 spiro atoms. The summed E-state index contributed by atoms with van der Waals surface area (Å²) in [5.74, 6) is 0. The van der Waals surface area contributed by atoms with E-state index in [2.05, 4.69) is 32.0 Å². The second-order valence-corrected chi connectivity index (χ2v) is 6.71. The van der Waals surface area contributed by atoms with Gasteiger partial charge in [-0.1, -0.05) is 31.1 Å². The van der Waals surface area contributed by atoms with Crippen LogP contribution >= 0.6 is 0 Å². The molecule has 0 saturated carbocycles. The van der Waals surface area contributed by atoms with Gasteiger partial charge in [-0.15, -0.1) is 12.3 Å². The van der Waals surface area contributed by atoms with Gasteiger partial charge in [0.2, 0.25) is 0 Å². The van der Waals surface area contributed by atoms with Gasteiger partial charge >= 0.3 is 0 Å². The molecule has 0 aromatic heterocycles. The van der Waals surface area contributed by atoms with Gasteiger partial charge in [0.05, 0.1) is 0 Å². The van der Waals surface area contributed by atoms with Crippen molar-refractivity contribution >= 4 is 8.07 Å². The Morgan fingerprint density at radius 2 is 2.00 bits per heavy atom. The van der Waals surface area contributed by atoms with Crippen molar-refractivity contribution in [2.75, 3.05) is 0 Å². The van der Waals surface area contributed by atoms with Crippen LogP contribution in [-0.4, -0.2) is 8.07 Å². The van der Waals surface area contributed by atoms with Crippen LogP contribution in [0.5, 0.6) is 0 Å². The third-order valence-corrected chi connectivity index (χ3v) is 3.00. The molecule has 0 amide bonds. The Labute approximate surface area is 52.2 Å². The van der Waals surface area contributed by atoms with Crippen LogP contribution in [0.1, 0.15) is 0 Å². The minimum absolute atomic E-state index is 1.21. The van der Waals surface area contributed by atoms with Crippen molar-refractivity contribution < 1.29 is 0 Å². The highest BCUT2D eigenvalue weighted by Crippen LogP contribution is 2.01. The summed E-state index contributed by atoms with van der Waals surface area (Å²) < 4.78 is 0. The van der Waals surface area contributed by atoms with Crippen LogP contribution in [0.4, 0.5) is 0 Å². The lowest BCUT2D eigenvalue weighted by Gasteiger charge is -2.06. The zero-order valence-electron chi connectivity index (χ0n) is 5.57. The fourth-order valence-corrected chi connectivity index (χ4v) is 0.966. The zero-order chi connectivity index (χ0) is 6.62. The molecule has 44 valence electrons. The average molecular weight is 124 g/mol. The average Bonchev–Trinajstić information content (AvgIpc) is 1.67. The summed E-state index contributed by atoms with van der Waals surface area (Å²) in [6.45, 7) is 11.6. The molecular weight excluding hydrogens is 112 g/mol. The van der Waals surface area contributed by atoms with Gasteiger partial charge in [-0.05, 0) is 0 Å². The lowest BCUT2D eigenvalue weighted by Crippen LogP contribution is -2.17. The molecule has 0 aliphatic rings. The summed E-state index contributed by atoms with van der Waals surface area (Å²) in [5.41, 5.74) is 6.81. The molecule has 1 heteroatoms. The first kappa shape index (κ1) is 7.48. The quantitative estimate of drug-likeness (QED) is 0.391. The standard InChI is InChI=1S/C7H12Si/c1-5-7-8(3,4)6-2/h6-7H,1-2H2,3-4H3. The Hall–Kier alpha value is -0.523. The Morgan fingerprint density at radius 3 is 2.12 bits per heavy atom. The third-order valence-electron chi connectivity index (χ3n) is 1.00. The van der Waals surface area contributed by atoms with E-state index in [0.717, 1.165) is 0 Å². The minimum Gasteiger partial charge on any atom is -0.137 e. The van der Waals surface area contributed by atoms with Gasteiger partial charge in [-0.25, -0.2) is 0 Å². The van der Waals surface area contributed by atoms with E-state index >= 15 is 0 Å². The molecule has 0 aliphatic carbocycles. The minimum atomic E-state index is -1.21. The van der Waals surface area contributed by atoms with Gasteiger partial charge in [0.1, 0.15) is 8.07 Å². The maximum Gasteiger partial charge on any atom is 0.104 e. The highest BCUT2D eigenvalue weighted by atomic mass is 28.3. The topological polar surface area (TPSA) is 0 Å². The van der Waals surface area contributed by atoms with Gasteiger partial charge in [-0.2, -0.15) is 0 Å². The smallest absolute Gasteiger partial charge is 0.104 e. The molecule has 0 fully saturated rings. The summed E-state index contributed by atoms with van der Waals surface area (Å²) in [6, 6.07) is 0. The molecule has 0 heterocycles. The Kier molecular flexibility index (Phi) is 2.53. The van der Waals surface area contributed by atoms with E-state index < -0.39 is 8.07 Å². The van der Waals surface area contributed by atoms with Crippen LogP contribution in [0.15, 0.2) is 30.3 Å². The van der Waals surface area contributed by atoms with Crippen molar-refractivity contribution in [2.45, 2.75) is 13.1 Å². The molecule has 0 N–H and O–H groups in total. The summed E-state index contributed by atoms with van der Waals surface area (Å²) in [7, 11) is -1.21. The first-order valence-electron chi connectivity index (χ1n) is 2.63. The summed E-state index contributed by atoms with van der Waals surface area (Å²) >= 11 is 0. The molecule has 0 rings (SSSR count). The first-order valence-corrected chi connectivity index (χ1v) is 5.78. The van der Waals surface area contributed by atoms with E-state index in [-0.39, 0.29) is 0 Å².